The third kappa shape index (κ3) is 6.11. The van der Waals surface area contributed by atoms with Gasteiger partial charge in [0, 0.05) is 0 Å². The van der Waals surface area contributed by atoms with Crippen molar-refractivity contribution in [1.29, 1.82) is 0 Å². The van der Waals surface area contributed by atoms with E-state index in [1.807, 2.05) is 0 Å². The third-order valence-corrected chi connectivity index (χ3v) is 2.62. The predicted octanol–water partition coefficient (Wildman–Crippen LogP) is 3.07. The van der Waals surface area contributed by atoms with Gasteiger partial charge in [-0.05, 0) is 12.8 Å². The van der Waals surface area contributed by atoms with Gasteiger partial charge in [0.25, 0.3) is 0 Å². The SMILES string of the molecule is O=C(O)C(CCCCC(C(=O)O)C(F)(F)F)C(F)(F)F. The standard InChI is InChI=1S/C10H12F6O4/c11-9(12,13)5(7(17)18)3-1-2-4-6(8(19)20)10(14,15)16/h5-6H,1-4H2,(H,17,18)(H,19,20). The molecular weight excluding hydrogens is 298 g/mol. The molecule has 0 amide bonds. The van der Waals surface area contributed by atoms with Crippen LogP contribution in [0.5, 0.6) is 0 Å². The second-order valence-electron chi connectivity index (χ2n) is 4.15. The van der Waals surface area contributed by atoms with E-state index in [0.717, 1.165) is 0 Å². The molecule has 0 radical (unpaired) electrons. The number of carbonyl (C=O) groups is 2. The van der Waals surface area contributed by atoms with Crippen molar-refractivity contribution in [2.75, 3.05) is 0 Å². The summed E-state index contributed by atoms with van der Waals surface area (Å²) in [5.41, 5.74) is 0. The normalized spacial score (nSPS) is 15.7. The van der Waals surface area contributed by atoms with Gasteiger partial charge in [0.2, 0.25) is 0 Å². The average Bonchev–Trinajstić information content (AvgIpc) is 2.17. The van der Waals surface area contributed by atoms with E-state index in [0.29, 0.717) is 0 Å². The van der Waals surface area contributed by atoms with Gasteiger partial charge in [0.1, 0.15) is 0 Å². The third-order valence-electron chi connectivity index (χ3n) is 2.62. The molecule has 20 heavy (non-hydrogen) atoms. The summed E-state index contributed by atoms with van der Waals surface area (Å²) in [4.78, 5) is 20.7. The van der Waals surface area contributed by atoms with Crippen molar-refractivity contribution in [1.82, 2.24) is 0 Å². The second-order valence-corrected chi connectivity index (χ2v) is 4.15. The number of rotatable bonds is 7. The van der Waals surface area contributed by atoms with E-state index in [9.17, 15) is 35.9 Å². The van der Waals surface area contributed by atoms with Crippen LogP contribution in [0.3, 0.4) is 0 Å². The number of hydrogen-bond donors (Lipinski definition) is 2. The molecule has 0 aliphatic heterocycles. The minimum Gasteiger partial charge on any atom is -0.481 e. The van der Waals surface area contributed by atoms with Crippen LogP contribution in [0.15, 0.2) is 0 Å². The van der Waals surface area contributed by atoms with Crippen LogP contribution in [0.2, 0.25) is 0 Å². The first-order valence-electron chi connectivity index (χ1n) is 5.46. The average molecular weight is 310 g/mol. The van der Waals surface area contributed by atoms with E-state index < -0.39 is 61.8 Å². The summed E-state index contributed by atoms with van der Waals surface area (Å²) in [5, 5.41) is 16.7. The molecule has 10 heteroatoms. The molecule has 118 valence electrons. The number of halogens is 6. The van der Waals surface area contributed by atoms with Crippen molar-refractivity contribution in [3.8, 4) is 0 Å². The zero-order valence-corrected chi connectivity index (χ0v) is 9.96. The van der Waals surface area contributed by atoms with Gasteiger partial charge >= 0.3 is 24.3 Å². The molecule has 4 nitrogen and oxygen atoms in total. The Hall–Kier alpha value is -1.48. The Kier molecular flexibility index (Phi) is 6.30. The Morgan fingerprint density at radius 2 is 1.00 bits per heavy atom. The smallest absolute Gasteiger partial charge is 0.402 e. The van der Waals surface area contributed by atoms with Crippen LogP contribution in [-0.4, -0.2) is 34.5 Å². The quantitative estimate of drug-likeness (QED) is 0.560. The van der Waals surface area contributed by atoms with Crippen LogP contribution in [0.1, 0.15) is 25.7 Å². The van der Waals surface area contributed by atoms with Crippen LogP contribution in [-0.2, 0) is 9.59 Å². The second kappa shape index (κ2) is 6.80. The first-order valence-corrected chi connectivity index (χ1v) is 5.46. The van der Waals surface area contributed by atoms with Gasteiger partial charge in [0.15, 0.2) is 11.8 Å². The van der Waals surface area contributed by atoms with Crippen LogP contribution in [0.4, 0.5) is 26.3 Å². The summed E-state index contributed by atoms with van der Waals surface area (Å²) in [6.45, 7) is 0. The van der Waals surface area contributed by atoms with Crippen molar-refractivity contribution >= 4 is 11.9 Å². The number of hydrogen-bond acceptors (Lipinski definition) is 2. The number of carboxylic acid groups (broad SMARTS) is 2. The molecule has 0 saturated carbocycles. The largest absolute Gasteiger partial charge is 0.481 e. The Labute approximate surface area is 109 Å². The Bertz CT molecular complexity index is 315. The molecule has 0 saturated heterocycles. The fourth-order valence-corrected chi connectivity index (χ4v) is 1.55. The lowest BCUT2D eigenvalue weighted by Crippen LogP contribution is -2.31. The highest BCUT2D eigenvalue weighted by Gasteiger charge is 2.46. The Morgan fingerprint density at radius 1 is 0.750 bits per heavy atom. The van der Waals surface area contributed by atoms with E-state index >= 15 is 0 Å². The van der Waals surface area contributed by atoms with Gasteiger partial charge in [-0.15, -0.1) is 0 Å². The molecule has 0 spiro atoms. The van der Waals surface area contributed by atoms with E-state index in [1.165, 1.54) is 0 Å². The predicted molar refractivity (Wildman–Crippen MR) is 52.8 cm³/mol. The molecule has 0 fully saturated rings. The lowest BCUT2D eigenvalue weighted by Gasteiger charge is -2.18. The van der Waals surface area contributed by atoms with Gasteiger partial charge in [-0.1, -0.05) is 12.8 Å². The van der Waals surface area contributed by atoms with Crippen molar-refractivity contribution in [3.05, 3.63) is 0 Å². The molecule has 2 atom stereocenters. The van der Waals surface area contributed by atoms with Crippen LogP contribution in [0, 0.1) is 11.8 Å². The van der Waals surface area contributed by atoms with E-state index in [4.69, 9.17) is 10.2 Å². The van der Waals surface area contributed by atoms with Gasteiger partial charge in [0.05, 0.1) is 0 Å². The lowest BCUT2D eigenvalue weighted by atomic mass is 9.96. The first-order chi connectivity index (χ1) is 8.87. The highest BCUT2D eigenvalue weighted by atomic mass is 19.4. The maximum atomic E-state index is 12.2. The fraction of sp³-hybridized carbons (Fsp3) is 0.800. The molecule has 0 aromatic heterocycles. The fourth-order valence-electron chi connectivity index (χ4n) is 1.55. The molecule has 2 unspecified atom stereocenters. The summed E-state index contributed by atoms with van der Waals surface area (Å²) >= 11 is 0. The molecule has 0 rings (SSSR count). The maximum Gasteiger partial charge on any atom is 0.402 e. The van der Waals surface area contributed by atoms with Crippen LogP contribution >= 0.6 is 0 Å². The van der Waals surface area contributed by atoms with Gasteiger partial charge < -0.3 is 10.2 Å². The summed E-state index contributed by atoms with van der Waals surface area (Å²) in [6, 6.07) is 0. The first kappa shape index (κ1) is 18.5. The summed E-state index contributed by atoms with van der Waals surface area (Å²) in [7, 11) is 0. The Balaban J connectivity index is 4.37. The monoisotopic (exact) mass is 310 g/mol. The highest BCUT2D eigenvalue weighted by Crippen LogP contribution is 2.33. The van der Waals surface area contributed by atoms with Gasteiger partial charge in [-0.3, -0.25) is 9.59 Å². The van der Waals surface area contributed by atoms with E-state index in [1.54, 1.807) is 0 Å². The van der Waals surface area contributed by atoms with Gasteiger partial charge in [-0.2, -0.15) is 26.3 Å². The zero-order chi connectivity index (χ0) is 16.1. The van der Waals surface area contributed by atoms with Crippen LogP contribution in [0.25, 0.3) is 0 Å². The summed E-state index contributed by atoms with van der Waals surface area (Å²) < 4.78 is 73.3. The molecule has 0 aromatic rings. The Morgan fingerprint density at radius 3 is 1.15 bits per heavy atom. The van der Waals surface area contributed by atoms with Crippen molar-refractivity contribution in [2.24, 2.45) is 11.8 Å². The molecule has 0 aromatic carbocycles. The maximum absolute atomic E-state index is 12.2. The van der Waals surface area contributed by atoms with Gasteiger partial charge in [-0.25, -0.2) is 0 Å². The van der Waals surface area contributed by atoms with E-state index in [-0.39, 0.29) is 0 Å². The number of aliphatic carboxylic acids is 2. The molecule has 0 bridgehead atoms. The molecule has 0 heterocycles. The topological polar surface area (TPSA) is 74.6 Å². The van der Waals surface area contributed by atoms with Crippen molar-refractivity contribution in [2.45, 2.75) is 38.0 Å². The minimum atomic E-state index is -4.98. The van der Waals surface area contributed by atoms with Crippen molar-refractivity contribution < 1.29 is 46.1 Å². The number of unbranched alkanes of at least 4 members (excludes halogenated alkanes) is 1. The molecular formula is C10H12F6O4. The molecule has 2 N–H and O–H groups in total. The summed E-state index contributed by atoms with van der Waals surface area (Å²) in [6.07, 6.45) is -12.7. The van der Waals surface area contributed by atoms with Crippen LogP contribution < -0.4 is 0 Å². The highest BCUT2D eigenvalue weighted by molar-refractivity contribution is 5.71. The van der Waals surface area contributed by atoms with E-state index in [2.05, 4.69) is 0 Å². The number of alkyl halides is 6. The lowest BCUT2D eigenvalue weighted by molar-refractivity contribution is -0.198. The minimum absolute atomic E-state index is 0.462. The summed E-state index contributed by atoms with van der Waals surface area (Å²) in [5.74, 6) is -9.53. The zero-order valence-electron chi connectivity index (χ0n) is 9.96. The molecule has 0 aliphatic rings. The van der Waals surface area contributed by atoms with Crippen molar-refractivity contribution in [3.63, 3.8) is 0 Å². The number of carboxylic acids is 2. The molecule has 0 aliphatic carbocycles.